The van der Waals surface area contributed by atoms with Gasteiger partial charge in [-0.2, -0.15) is 0 Å². The molecule has 2 heterocycles. The first kappa shape index (κ1) is 23.7. The molecule has 0 amide bonds. The van der Waals surface area contributed by atoms with Crippen LogP contribution in [0.2, 0.25) is 5.02 Å². The molecule has 35 heavy (non-hydrogen) atoms. The Balaban J connectivity index is 1.31. The van der Waals surface area contributed by atoms with E-state index in [0.717, 1.165) is 60.1 Å². The van der Waals surface area contributed by atoms with Crippen molar-refractivity contribution in [2.24, 2.45) is 5.73 Å². The van der Waals surface area contributed by atoms with Gasteiger partial charge in [-0.3, -0.25) is 14.7 Å². The van der Waals surface area contributed by atoms with Gasteiger partial charge in [-0.05, 0) is 71.8 Å². The average molecular weight is 484 g/mol. The second-order valence-corrected chi connectivity index (χ2v) is 10.0. The molecule has 0 atom stereocenters. The highest BCUT2D eigenvalue weighted by atomic mass is 35.5. The number of nitrogens with zero attached hydrogens (tertiary/aromatic N) is 2. The van der Waals surface area contributed by atoms with Gasteiger partial charge in [0.15, 0.2) is 0 Å². The molecule has 1 aliphatic heterocycles. The van der Waals surface area contributed by atoms with Crippen LogP contribution < -0.4 is 5.73 Å². The molecule has 4 aromatic rings. The van der Waals surface area contributed by atoms with Gasteiger partial charge in [-0.15, -0.1) is 0 Å². The van der Waals surface area contributed by atoms with E-state index in [2.05, 4.69) is 52.3 Å². The molecule has 3 aromatic carbocycles. The van der Waals surface area contributed by atoms with E-state index in [1.165, 1.54) is 10.9 Å². The zero-order valence-corrected chi connectivity index (χ0v) is 20.5. The number of carbonyl (C=O) groups excluding carboxylic acids is 1. The summed E-state index contributed by atoms with van der Waals surface area (Å²) < 4.78 is 0. The van der Waals surface area contributed by atoms with Crippen LogP contribution in [0.25, 0.3) is 21.9 Å². The Labute approximate surface area is 211 Å². The molecule has 1 fully saturated rings. The second kappa shape index (κ2) is 10.7. The average Bonchev–Trinajstić information content (AvgIpc) is 2.87. The second-order valence-electron chi connectivity index (χ2n) is 9.57. The number of ketones is 1. The maximum atomic E-state index is 12.6. The molecule has 5 heteroatoms. The van der Waals surface area contributed by atoms with Crippen molar-refractivity contribution in [3.8, 4) is 11.1 Å². The number of pyridine rings is 1. The lowest BCUT2D eigenvalue weighted by molar-refractivity contribution is -0.117. The number of likely N-dealkylation sites (tertiary alicyclic amines) is 1. The minimum atomic E-state index is 0.190. The highest BCUT2D eigenvalue weighted by Gasteiger charge is 2.16. The van der Waals surface area contributed by atoms with E-state index in [1.54, 1.807) is 0 Å². The summed E-state index contributed by atoms with van der Waals surface area (Å²) in [5.74, 6) is 0.190. The van der Waals surface area contributed by atoms with Crippen LogP contribution in [0.5, 0.6) is 0 Å². The predicted octanol–water partition coefficient (Wildman–Crippen LogP) is 5.83. The molecule has 0 saturated carbocycles. The van der Waals surface area contributed by atoms with E-state index in [9.17, 15) is 4.79 Å². The fourth-order valence-corrected chi connectivity index (χ4v) is 4.96. The van der Waals surface area contributed by atoms with Crippen molar-refractivity contribution in [1.82, 2.24) is 9.88 Å². The Kier molecular flexibility index (Phi) is 7.24. The van der Waals surface area contributed by atoms with Crippen molar-refractivity contribution < 1.29 is 4.79 Å². The van der Waals surface area contributed by atoms with Crippen molar-refractivity contribution >= 4 is 28.2 Å². The van der Waals surface area contributed by atoms with Crippen LogP contribution in [0.1, 0.15) is 29.5 Å². The van der Waals surface area contributed by atoms with Crippen LogP contribution in [0.4, 0.5) is 0 Å². The first-order chi connectivity index (χ1) is 17.0. The van der Waals surface area contributed by atoms with Gasteiger partial charge >= 0.3 is 0 Å². The lowest BCUT2D eigenvalue weighted by Crippen LogP contribution is -2.39. The van der Waals surface area contributed by atoms with Crippen molar-refractivity contribution in [2.75, 3.05) is 13.1 Å². The van der Waals surface area contributed by atoms with Crippen LogP contribution in [0.15, 0.2) is 79.1 Å². The lowest BCUT2D eigenvalue weighted by atomic mass is 9.96. The molecule has 178 valence electrons. The maximum Gasteiger partial charge on any atom is 0.141 e. The van der Waals surface area contributed by atoms with Gasteiger partial charge in [-0.25, -0.2) is 0 Å². The van der Waals surface area contributed by atoms with E-state index >= 15 is 0 Å². The van der Waals surface area contributed by atoms with Gasteiger partial charge in [0, 0.05) is 53.8 Å². The summed E-state index contributed by atoms with van der Waals surface area (Å²) in [6.45, 7) is 3.06. The number of benzene rings is 3. The SMILES string of the molecule is NC1CCN(Cc2ccc3cncc(-c4ccc(CC(=O)Cc5ccc(Cl)cc5)cc4)c3c2)CC1. The van der Waals surface area contributed by atoms with Crippen molar-refractivity contribution in [1.29, 1.82) is 0 Å². The number of nitrogens with two attached hydrogens (primary N) is 1. The van der Waals surface area contributed by atoms with Gasteiger partial charge < -0.3 is 5.73 Å². The van der Waals surface area contributed by atoms with Crippen LogP contribution >= 0.6 is 11.6 Å². The summed E-state index contributed by atoms with van der Waals surface area (Å²) in [6.07, 6.45) is 6.83. The van der Waals surface area contributed by atoms with Gasteiger partial charge in [-0.1, -0.05) is 60.1 Å². The van der Waals surface area contributed by atoms with Crippen molar-refractivity contribution in [3.63, 3.8) is 0 Å². The standard InChI is InChI=1S/C30H30ClN3O/c31-26-9-4-22(5-10-26)16-28(35)15-21-1-6-24(7-2-21)30-19-33-18-25-8-3-23(17-29(25)30)20-34-13-11-27(32)12-14-34/h1-10,17-19,27H,11-16,20,32H2. The fraction of sp³-hybridized carbons (Fsp3) is 0.267. The zero-order valence-electron chi connectivity index (χ0n) is 19.8. The highest BCUT2D eigenvalue weighted by Crippen LogP contribution is 2.29. The summed E-state index contributed by atoms with van der Waals surface area (Å²) >= 11 is 5.94. The quantitative estimate of drug-likeness (QED) is 0.359. The number of fused-ring (bicyclic) bond motifs is 1. The first-order valence-corrected chi connectivity index (χ1v) is 12.6. The Morgan fingerprint density at radius 3 is 2.20 bits per heavy atom. The van der Waals surface area contributed by atoms with Gasteiger partial charge in [0.1, 0.15) is 5.78 Å². The van der Waals surface area contributed by atoms with Gasteiger partial charge in [0.2, 0.25) is 0 Å². The van der Waals surface area contributed by atoms with E-state index in [4.69, 9.17) is 17.3 Å². The molecule has 2 N–H and O–H groups in total. The molecule has 5 rings (SSSR count). The summed E-state index contributed by atoms with van der Waals surface area (Å²) in [4.78, 5) is 19.5. The highest BCUT2D eigenvalue weighted by molar-refractivity contribution is 6.30. The number of piperidine rings is 1. The Morgan fingerprint density at radius 2 is 1.51 bits per heavy atom. The van der Waals surface area contributed by atoms with E-state index in [0.29, 0.717) is 23.9 Å². The number of aromatic nitrogens is 1. The largest absolute Gasteiger partial charge is 0.328 e. The summed E-state index contributed by atoms with van der Waals surface area (Å²) in [5.41, 5.74) is 11.6. The monoisotopic (exact) mass is 483 g/mol. The molecular weight excluding hydrogens is 454 g/mol. The molecule has 1 saturated heterocycles. The molecule has 0 spiro atoms. The summed E-state index contributed by atoms with van der Waals surface area (Å²) in [6, 6.07) is 22.8. The van der Waals surface area contributed by atoms with Crippen LogP contribution in [-0.4, -0.2) is 34.8 Å². The Hall–Kier alpha value is -3.05. The predicted molar refractivity (Wildman–Crippen MR) is 144 cm³/mol. The Morgan fingerprint density at radius 1 is 0.886 bits per heavy atom. The number of hydrogen-bond acceptors (Lipinski definition) is 4. The first-order valence-electron chi connectivity index (χ1n) is 12.2. The third-order valence-electron chi connectivity index (χ3n) is 6.84. The van der Waals surface area contributed by atoms with E-state index in [-0.39, 0.29) is 5.78 Å². The van der Waals surface area contributed by atoms with Gasteiger partial charge in [0.05, 0.1) is 0 Å². The minimum Gasteiger partial charge on any atom is -0.328 e. The molecule has 1 aromatic heterocycles. The molecule has 0 bridgehead atoms. The molecule has 4 nitrogen and oxygen atoms in total. The number of carbonyl (C=O) groups is 1. The topological polar surface area (TPSA) is 59.2 Å². The molecule has 0 radical (unpaired) electrons. The molecule has 0 unspecified atom stereocenters. The van der Waals surface area contributed by atoms with Gasteiger partial charge in [0.25, 0.3) is 0 Å². The van der Waals surface area contributed by atoms with Crippen LogP contribution in [0, 0.1) is 0 Å². The van der Waals surface area contributed by atoms with Crippen molar-refractivity contribution in [2.45, 2.75) is 38.3 Å². The Bertz CT molecular complexity index is 1310. The number of rotatable bonds is 7. The third kappa shape index (κ3) is 5.96. The van der Waals surface area contributed by atoms with Crippen LogP contribution in [-0.2, 0) is 24.2 Å². The van der Waals surface area contributed by atoms with E-state index < -0.39 is 0 Å². The minimum absolute atomic E-state index is 0.190. The summed E-state index contributed by atoms with van der Waals surface area (Å²) in [7, 11) is 0. The fourth-order valence-electron chi connectivity index (χ4n) is 4.83. The number of hydrogen-bond donors (Lipinski definition) is 1. The normalized spacial score (nSPS) is 14.9. The number of Topliss-reactive ketones (excluding diaryl/α,β-unsaturated/α-hetero) is 1. The molecule has 1 aliphatic rings. The lowest BCUT2D eigenvalue weighted by Gasteiger charge is -2.30. The van der Waals surface area contributed by atoms with Crippen LogP contribution in [0.3, 0.4) is 0 Å². The molecule has 0 aliphatic carbocycles. The zero-order chi connectivity index (χ0) is 24.2. The van der Waals surface area contributed by atoms with Crippen molar-refractivity contribution in [3.05, 3.63) is 101 Å². The smallest absolute Gasteiger partial charge is 0.141 e. The van der Waals surface area contributed by atoms with E-state index in [1.807, 2.05) is 36.7 Å². The third-order valence-corrected chi connectivity index (χ3v) is 7.10. The summed E-state index contributed by atoms with van der Waals surface area (Å²) in [5, 5.41) is 3.02. The maximum absolute atomic E-state index is 12.6. The molecular formula is C30H30ClN3O. The number of halogens is 1.